The number of nitrogens with zero attached hydrogens (tertiary/aromatic N) is 2. The van der Waals surface area contributed by atoms with Crippen LogP contribution in [0.2, 0.25) is 5.02 Å². The zero-order valence-electron chi connectivity index (χ0n) is 15.0. The number of hydrogen-bond acceptors (Lipinski definition) is 4. The minimum Gasteiger partial charge on any atom is -0.496 e. The molecule has 1 aliphatic heterocycles. The fourth-order valence-electron chi connectivity index (χ4n) is 3.16. The molecule has 0 aromatic heterocycles. The Morgan fingerprint density at radius 2 is 1.69 bits per heavy atom. The van der Waals surface area contributed by atoms with Gasteiger partial charge in [-0.3, -0.25) is 4.90 Å². The van der Waals surface area contributed by atoms with Crippen LogP contribution in [-0.4, -0.2) is 50.9 Å². The van der Waals surface area contributed by atoms with Crippen LogP contribution in [0, 0.1) is 6.92 Å². The Hall–Kier alpha value is -1.60. The molecule has 0 bridgehead atoms. The largest absolute Gasteiger partial charge is 0.496 e. The van der Waals surface area contributed by atoms with Crippen LogP contribution in [0.25, 0.3) is 0 Å². The molecule has 0 aliphatic carbocycles. The average molecular weight is 395 g/mol. The first kappa shape index (κ1) is 19.2. The van der Waals surface area contributed by atoms with Crippen molar-refractivity contribution in [3.8, 4) is 5.75 Å². The molecule has 2 aromatic carbocycles. The molecule has 0 spiro atoms. The third kappa shape index (κ3) is 4.20. The van der Waals surface area contributed by atoms with Gasteiger partial charge in [-0.15, -0.1) is 0 Å². The monoisotopic (exact) mass is 394 g/mol. The van der Waals surface area contributed by atoms with E-state index in [2.05, 4.69) is 17.9 Å². The summed E-state index contributed by atoms with van der Waals surface area (Å²) in [5, 5.41) is 0.529. The molecule has 0 unspecified atom stereocenters. The van der Waals surface area contributed by atoms with Crippen molar-refractivity contribution in [2.24, 2.45) is 0 Å². The molecule has 0 amide bonds. The Morgan fingerprint density at radius 3 is 2.31 bits per heavy atom. The first-order valence-electron chi connectivity index (χ1n) is 8.52. The van der Waals surface area contributed by atoms with E-state index in [1.54, 1.807) is 35.7 Å². The second-order valence-corrected chi connectivity index (χ2v) is 8.82. The molecule has 1 fully saturated rings. The Labute approximate surface area is 160 Å². The highest BCUT2D eigenvalue weighted by molar-refractivity contribution is 7.89. The minimum atomic E-state index is -3.47. The summed E-state index contributed by atoms with van der Waals surface area (Å²) in [6.07, 6.45) is 0. The summed E-state index contributed by atoms with van der Waals surface area (Å²) >= 11 is 5.85. The third-order valence-corrected chi connectivity index (χ3v) is 6.78. The molecule has 0 radical (unpaired) electrons. The molecule has 0 N–H and O–H groups in total. The van der Waals surface area contributed by atoms with Gasteiger partial charge in [0.05, 0.1) is 12.0 Å². The van der Waals surface area contributed by atoms with E-state index in [-0.39, 0.29) is 4.90 Å². The Bertz CT molecular complexity index is 861. The number of hydrogen-bond donors (Lipinski definition) is 0. The minimum absolute atomic E-state index is 0.288. The molecule has 2 aromatic rings. The highest BCUT2D eigenvalue weighted by Crippen LogP contribution is 2.24. The lowest BCUT2D eigenvalue weighted by molar-refractivity contribution is 0.180. The number of aryl methyl sites for hydroxylation is 1. The van der Waals surface area contributed by atoms with E-state index in [4.69, 9.17) is 16.3 Å². The molecule has 0 saturated carbocycles. The smallest absolute Gasteiger partial charge is 0.243 e. The van der Waals surface area contributed by atoms with Gasteiger partial charge in [0.25, 0.3) is 0 Å². The normalized spacial score (nSPS) is 16.6. The molecule has 1 aliphatic rings. The number of piperazine rings is 1. The second kappa shape index (κ2) is 7.96. The van der Waals surface area contributed by atoms with E-state index in [0.29, 0.717) is 31.2 Å². The summed E-state index contributed by atoms with van der Waals surface area (Å²) in [5.74, 6) is 0.867. The van der Waals surface area contributed by atoms with Gasteiger partial charge in [-0.1, -0.05) is 29.3 Å². The van der Waals surface area contributed by atoms with Gasteiger partial charge in [-0.05, 0) is 37.3 Å². The number of ether oxygens (including phenoxy) is 1. The van der Waals surface area contributed by atoms with Crippen LogP contribution in [0.5, 0.6) is 5.75 Å². The van der Waals surface area contributed by atoms with Crippen LogP contribution in [0.4, 0.5) is 0 Å². The van der Waals surface area contributed by atoms with Gasteiger partial charge in [0.2, 0.25) is 10.0 Å². The number of benzene rings is 2. The summed E-state index contributed by atoms with van der Waals surface area (Å²) in [4.78, 5) is 2.54. The molecule has 26 heavy (non-hydrogen) atoms. The first-order valence-corrected chi connectivity index (χ1v) is 10.3. The average Bonchev–Trinajstić information content (AvgIpc) is 2.63. The number of sulfonamides is 1. The van der Waals surface area contributed by atoms with Gasteiger partial charge >= 0.3 is 0 Å². The lowest BCUT2D eigenvalue weighted by Gasteiger charge is -2.34. The molecule has 7 heteroatoms. The lowest BCUT2D eigenvalue weighted by atomic mass is 10.1. The van der Waals surface area contributed by atoms with Crippen molar-refractivity contribution < 1.29 is 13.2 Å². The summed E-state index contributed by atoms with van der Waals surface area (Å²) in [5.41, 5.74) is 2.31. The van der Waals surface area contributed by atoms with Crippen LogP contribution < -0.4 is 4.74 Å². The van der Waals surface area contributed by atoms with Gasteiger partial charge < -0.3 is 4.74 Å². The third-order valence-electron chi connectivity index (χ3n) is 4.61. The van der Waals surface area contributed by atoms with Gasteiger partial charge in [0, 0.05) is 43.3 Å². The van der Waals surface area contributed by atoms with Crippen molar-refractivity contribution in [3.05, 3.63) is 58.6 Å². The molecule has 1 saturated heterocycles. The molecule has 0 atom stereocenters. The highest BCUT2D eigenvalue weighted by atomic mass is 35.5. The van der Waals surface area contributed by atoms with Crippen molar-refractivity contribution in [1.82, 2.24) is 9.21 Å². The van der Waals surface area contributed by atoms with Crippen LogP contribution in [0.3, 0.4) is 0 Å². The lowest BCUT2D eigenvalue weighted by Crippen LogP contribution is -2.48. The summed E-state index contributed by atoms with van der Waals surface area (Å²) in [6.45, 7) is 5.12. The van der Waals surface area contributed by atoms with Gasteiger partial charge in [0.1, 0.15) is 5.75 Å². The quantitative estimate of drug-likeness (QED) is 0.781. The molecule has 5 nitrogen and oxygen atoms in total. The van der Waals surface area contributed by atoms with Crippen molar-refractivity contribution in [3.63, 3.8) is 0 Å². The van der Waals surface area contributed by atoms with E-state index in [1.807, 2.05) is 12.1 Å². The van der Waals surface area contributed by atoms with Crippen molar-refractivity contribution in [2.45, 2.75) is 18.4 Å². The summed E-state index contributed by atoms with van der Waals surface area (Å²) < 4.78 is 32.5. The van der Waals surface area contributed by atoms with Crippen molar-refractivity contribution >= 4 is 21.6 Å². The summed E-state index contributed by atoms with van der Waals surface area (Å²) in [7, 11) is -1.80. The maximum atomic E-state index is 12.8. The van der Waals surface area contributed by atoms with Gasteiger partial charge in [-0.25, -0.2) is 8.42 Å². The maximum absolute atomic E-state index is 12.8. The van der Waals surface area contributed by atoms with Crippen molar-refractivity contribution in [2.75, 3.05) is 33.3 Å². The van der Waals surface area contributed by atoms with E-state index in [9.17, 15) is 8.42 Å². The standard InChI is InChI=1S/C19H23ClN2O3S/c1-15-3-8-19(25-2)16(13-15)14-21-9-11-22(12-10-21)26(23,24)18-6-4-17(20)5-7-18/h3-8,13H,9-12,14H2,1-2H3. The summed E-state index contributed by atoms with van der Waals surface area (Å²) in [6, 6.07) is 12.5. The zero-order chi connectivity index (χ0) is 18.7. The fraction of sp³-hybridized carbons (Fsp3) is 0.368. The van der Waals surface area contributed by atoms with Crippen LogP contribution >= 0.6 is 11.6 Å². The van der Waals surface area contributed by atoms with Gasteiger partial charge in [-0.2, -0.15) is 4.31 Å². The van der Waals surface area contributed by atoms with Crippen LogP contribution in [0.15, 0.2) is 47.4 Å². The Morgan fingerprint density at radius 1 is 1.04 bits per heavy atom. The molecule has 140 valence electrons. The molecular weight excluding hydrogens is 372 g/mol. The van der Waals surface area contributed by atoms with E-state index < -0.39 is 10.0 Å². The zero-order valence-corrected chi connectivity index (χ0v) is 16.6. The highest BCUT2D eigenvalue weighted by Gasteiger charge is 2.28. The molecule has 1 heterocycles. The van der Waals surface area contributed by atoms with E-state index >= 15 is 0 Å². The fourth-order valence-corrected chi connectivity index (χ4v) is 4.70. The number of rotatable bonds is 5. The van der Waals surface area contributed by atoms with Crippen molar-refractivity contribution in [1.29, 1.82) is 0 Å². The topological polar surface area (TPSA) is 49.9 Å². The van der Waals surface area contributed by atoms with E-state index in [0.717, 1.165) is 17.9 Å². The SMILES string of the molecule is COc1ccc(C)cc1CN1CCN(S(=O)(=O)c2ccc(Cl)cc2)CC1. The Balaban J connectivity index is 1.66. The first-order chi connectivity index (χ1) is 12.4. The van der Waals surface area contributed by atoms with E-state index in [1.165, 1.54) is 5.56 Å². The number of halogens is 1. The second-order valence-electron chi connectivity index (χ2n) is 6.45. The van der Waals surface area contributed by atoms with Crippen LogP contribution in [0.1, 0.15) is 11.1 Å². The number of methoxy groups -OCH3 is 1. The van der Waals surface area contributed by atoms with Crippen LogP contribution in [-0.2, 0) is 16.6 Å². The predicted octanol–water partition coefficient (Wildman–Crippen LogP) is 3.16. The molecular formula is C19H23ClN2O3S. The predicted molar refractivity (Wildman–Crippen MR) is 103 cm³/mol. The Kier molecular flexibility index (Phi) is 5.87. The maximum Gasteiger partial charge on any atom is 0.243 e. The molecule has 3 rings (SSSR count). The van der Waals surface area contributed by atoms with Gasteiger partial charge in [0.15, 0.2) is 0 Å².